The van der Waals surface area contributed by atoms with Crippen LogP contribution in [0.4, 0.5) is 0 Å². The lowest BCUT2D eigenvalue weighted by Crippen LogP contribution is -2.14. The molecule has 10 heteroatoms. The van der Waals surface area contributed by atoms with Crippen LogP contribution in [0.3, 0.4) is 0 Å². The van der Waals surface area contributed by atoms with E-state index in [2.05, 4.69) is 15.9 Å². The molecule has 152 valence electrons. The predicted octanol–water partition coefficient (Wildman–Crippen LogP) is 3.90. The van der Waals surface area contributed by atoms with E-state index in [0.29, 0.717) is 34.7 Å². The number of carbonyl (C=O) groups is 1. The monoisotopic (exact) mass is 491 g/mol. The highest BCUT2D eigenvalue weighted by Crippen LogP contribution is 2.34. The van der Waals surface area contributed by atoms with Gasteiger partial charge in [-0.25, -0.2) is 18.4 Å². The van der Waals surface area contributed by atoms with Crippen LogP contribution in [0.1, 0.15) is 29.8 Å². The molecule has 0 heterocycles. The van der Waals surface area contributed by atoms with Gasteiger partial charge in [-0.3, -0.25) is 0 Å². The van der Waals surface area contributed by atoms with Gasteiger partial charge in [-0.05, 0) is 44.2 Å². The standard InChI is InChI=1S/C18H19BrClNO6S/c1-3-25-15-7-12(13(19)9-16(15)26-4-2)10-27-18(22)11-5-6-14(20)17(8-11)28(21,23)24/h5-9H,3-4,10H2,1-2H3,(H2,21,23,24). The third kappa shape index (κ3) is 5.60. The first-order valence-corrected chi connectivity index (χ1v) is 11.0. The molecule has 7 nitrogen and oxygen atoms in total. The lowest BCUT2D eigenvalue weighted by Gasteiger charge is -2.14. The lowest BCUT2D eigenvalue weighted by atomic mass is 10.2. The van der Waals surface area contributed by atoms with Gasteiger partial charge in [0.05, 0.1) is 23.8 Å². The SMILES string of the molecule is CCOc1cc(Br)c(COC(=O)c2ccc(Cl)c(S(N)(=O)=O)c2)cc1OCC. The highest BCUT2D eigenvalue weighted by Gasteiger charge is 2.18. The molecule has 0 fully saturated rings. The summed E-state index contributed by atoms with van der Waals surface area (Å²) in [6.07, 6.45) is 0. The zero-order chi connectivity index (χ0) is 20.9. The zero-order valence-electron chi connectivity index (χ0n) is 15.2. The molecule has 0 aliphatic heterocycles. The van der Waals surface area contributed by atoms with E-state index in [1.54, 1.807) is 12.1 Å². The Hall–Kier alpha value is -1.81. The van der Waals surface area contributed by atoms with E-state index in [1.165, 1.54) is 12.1 Å². The molecule has 0 saturated heterocycles. The summed E-state index contributed by atoms with van der Waals surface area (Å²) in [5.41, 5.74) is 0.668. The van der Waals surface area contributed by atoms with Crippen LogP contribution in [0.15, 0.2) is 39.7 Å². The Kier molecular flexibility index (Phi) is 7.70. The number of halogens is 2. The van der Waals surface area contributed by atoms with E-state index in [0.717, 1.165) is 6.07 Å². The summed E-state index contributed by atoms with van der Waals surface area (Å²) in [7, 11) is -4.06. The maximum Gasteiger partial charge on any atom is 0.338 e. The van der Waals surface area contributed by atoms with Crippen molar-refractivity contribution in [1.82, 2.24) is 0 Å². The fraction of sp³-hybridized carbons (Fsp3) is 0.278. The van der Waals surface area contributed by atoms with Crippen molar-refractivity contribution in [3.05, 3.63) is 51.0 Å². The Balaban J connectivity index is 2.22. The van der Waals surface area contributed by atoms with Crippen LogP contribution in [-0.2, 0) is 21.4 Å². The summed E-state index contributed by atoms with van der Waals surface area (Å²) in [5, 5.41) is 5.02. The normalized spacial score (nSPS) is 11.2. The number of carbonyl (C=O) groups excluding carboxylic acids is 1. The molecule has 0 spiro atoms. The topological polar surface area (TPSA) is 105 Å². The van der Waals surface area contributed by atoms with E-state index < -0.39 is 16.0 Å². The summed E-state index contributed by atoms with van der Waals surface area (Å²) >= 11 is 9.24. The number of primary sulfonamides is 1. The van der Waals surface area contributed by atoms with E-state index in [4.69, 9.17) is 31.0 Å². The van der Waals surface area contributed by atoms with Crippen LogP contribution >= 0.6 is 27.5 Å². The fourth-order valence-electron chi connectivity index (χ4n) is 2.30. The molecule has 0 radical (unpaired) electrons. The molecular weight excluding hydrogens is 474 g/mol. The quantitative estimate of drug-likeness (QED) is 0.560. The van der Waals surface area contributed by atoms with Crippen LogP contribution in [0.5, 0.6) is 11.5 Å². The van der Waals surface area contributed by atoms with Gasteiger partial charge in [0, 0.05) is 10.0 Å². The van der Waals surface area contributed by atoms with E-state index in [9.17, 15) is 13.2 Å². The molecule has 0 saturated carbocycles. The number of benzene rings is 2. The smallest absolute Gasteiger partial charge is 0.338 e. The highest BCUT2D eigenvalue weighted by molar-refractivity contribution is 9.10. The van der Waals surface area contributed by atoms with Crippen molar-refractivity contribution in [1.29, 1.82) is 0 Å². The minimum Gasteiger partial charge on any atom is -0.490 e. The molecule has 0 bridgehead atoms. The van der Waals surface area contributed by atoms with E-state index >= 15 is 0 Å². The Morgan fingerprint density at radius 2 is 1.71 bits per heavy atom. The van der Waals surface area contributed by atoms with Gasteiger partial charge in [-0.15, -0.1) is 0 Å². The predicted molar refractivity (Wildman–Crippen MR) is 108 cm³/mol. The second-order valence-corrected chi connectivity index (χ2v) is 8.31. The second kappa shape index (κ2) is 9.60. The van der Waals surface area contributed by atoms with Crippen molar-refractivity contribution < 1.29 is 27.4 Å². The fourth-order valence-corrected chi connectivity index (χ4v) is 3.81. The summed E-state index contributed by atoms with van der Waals surface area (Å²) < 4.78 is 40.2. The largest absolute Gasteiger partial charge is 0.490 e. The maximum atomic E-state index is 12.3. The Morgan fingerprint density at radius 3 is 2.29 bits per heavy atom. The zero-order valence-corrected chi connectivity index (χ0v) is 18.4. The van der Waals surface area contributed by atoms with Gasteiger partial charge in [-0.2, -0.15) is 0 Å². The number of sulfonamides is 1. The molecule has 2 aromatic rings. The Labute approximate surface area is 176 Å². The van der Waals surface area contributed by atoms with Crippen LogP contribution in [0.2, 0.25) is 5.02 Å². The molecule has 0 aliphatic rings. The third-order valence-electron chi connectivity index (χ3n) is 3.54. The van der Waals surface area contributed by atoms with Crippen LogP contribution in [0.25, 0.3) is 0 Å². The minimum atomic E-state index is -4.06. The van der Waals surface area contributed by atoms with Crippen molar-refractivity contribution in [2.24, 2.45) is 5.14 Å². The molecule has 2 aromatic carbocycles. The minimum absolute atomic E-state index is 0.0144. The molecule has 0 amide bonds. The van der Waals surface area contributed by atoms with Gasteiger partial charge in [0.1, 0.15) is 11.5 Å². The first-order chi connectivity index (χ1) is 13.2. The molecular formula is C18H19BrClNO6S. The van der Waals surface area contributed by atoms with Crippen molar-refractivity contribution in [3.8, 4) is 11.5 Å². The molecule has 0 aromatic heterocycles. The van der Waals surface area contributed by atoms with E-state index in [1.807, 2.05) is 13.8 Å². The van der Waals surface area contributed by atoms with Crippen molar-refractivity contribution >= 4 is 43.5 Å². The maximum absolute atomic E-state index is 12.3. The number of ether oxygens (including phenoxy) is 3. The van der Waals surface area contributed by atoms with Gasteiger partial charge in [0.15, 0.2) is 11.5 Å². The second-order valence-electron chi connectivity index (χ2n) is 5.52. The molecule has 2 N–H and O–H groups in total. The van der Waals surface area contributed by atoms with Crippen LogP contribution in [0, 0.1) is 0 Å². The average Bonchev–Trinajstić information content (AvgIpc) is 2.62. The summed E-state index contributed by atoms with van der Waals surface area (Å²) in [5.74, 6) is 0.378. The summed E-state index contributed by atoms with van der Waals surface area (Å²) in [6, 6.07) is 7.16. The number of rotatable bonds is 8. The van der Waals surface area contributed by atoms with Crippen LogP contribution < -0.4 is 14.6 Å². The molecule has 0 aliphatic carbocycles. The molecule has 0 unspecified atom stereocenters. The summed E-state index contributed by atoms with van der Waals surface area (Å²) in [4.78, 5) is 12.0. The Morgan fingerprint density at radius 1 is 1.11 bits per heavy atom. The number of esters is 1. The molecule has 2 rings (SSSR count). The highest BCUT2D eigenvalue weighted by atomic mass is 79.9. The van der Waals surface area contributed by atoms with Gasteiger partial charge in [0.2, 0.25) is 10.0 Å². The van der Waals surface area contributed by atoms with Crippen molar-refractivity contribution in [2.75, 3.05) is 13.2 Å². The third-order valence-corrected chi connectivity index (χ3v) is 5.68. The van der Waals surface area contributed by atoms with Crippen molar-refractivity contribution in [3.63, 3.8) is 0 Å². The van der Waals surface area contributed by atoms with Gasteiger partial charge in [0.25, 0.3) is 0 Å². The molecule has 0 atom stereocenters. The lowest BCUT2D eigenvalue weighted by molar-refractivity contribution is 0.0471. The first kappa shape index (κ1) is 22.5. The number of hydrogen-bond donors (Lipinski definition) is 1. The average molecular weight is 493 g/mol. The van der Waals surface area contributed by atoms with Gasteiger partial charge >= 0.3 is 5.97 Å². The molecule has 28 heavy (non-hydrogen) atoms. The number of hydrogen-bond acceptors (Lipinski definition) is 6. The van der Waals surface area contributed by atoms with Gasteiger partial charge in [-0.1, -0.05) is 27.5 Å². The first-order valence-electron chi connectivity index (χ1n) is 8.24. The van der Waals surface area contributed by atoms with E-state index in [-0.39, 0.29) is 22.1 Å². The number of nitrogens with two attached hydrogens (primary N) is 1. The summed E-state index contributed by atoms with van der Waals surface area (Å²) in [6.45, 7) is 4.56. The Bertz CT molecular complexity index is 980. The van der Waals surface area contributed by atoms with Crippen molar-refractivity contribution in [2.45, 2.75) is 25.3 Å². The van der Waals surface area contributed by atoms with Crippen LogP contribution in [-0.4, -0.2) is 27.6 Å². The van der Waals surface area contributed by atoms with Gasteiger partial charge < -0.3 is 14.2 Å².